The van der Waals surface area contributed by atoms with Crippen molar-refractivity contribution in [1.29, 1.82) is 0 Å². The van der Waals surface area contributed by atoms with Gasteiger partial charge in [-0.2, -0.15) is 0 Å². The Balaban J connectivity index is 1.82. The van der Waals surface area contributed by atoms with Crippen molar-refractivity contribution in [3.8, 4) is 5.75 Å². The lowest BCUT2D eigenvalue weighted by Crippen LogP contribution is -2.03. The lowest BCUT2D eigenvalue weighted by atomic mass is 9.99. The molecule has 1 heterocycles. The number of halogens is 2. The zero-order valence-corrected chi connectivity index (χ0v) is 12.4. The fraction of sp³-hybridized carbons (Fsp3) is 0.250. The van der Waals surface area contributed by atoms with E-state index in [1.165, 1.54) is 6.07 Å². The highest BCUT2D eigenvalue weighted by atomic mass is 79.9. The largest absolute Gasteiger partial charge is 0.493 e. The smallest absolute Gasteiger partial charge is 0.137 e. The van der Waals surface area contributed by atoms with Gasteiger partial charge in [0.15, 0.2) is 0 Å². The first-order chi connectivity index (χ1) is 9.65. The van der Waals surface area contributed by atoms with E-state index >= 15 is 0 Å². The topological polar surface area (TPSA) is 29.5 Å². The summed E-state index contributed by atoms with van der Waals surface area (Å²) < 4.78 is 19.3. The van der Waals surface area contributed by atoms with Crippen molar-refractivity contribution in [2.45, 2.75) is 18.9 Å². The molecule has 0 fully saturated rings. The van der Waals surface area contributed by atoms with E-state index in [-0.39, 0.29) is 5.82 Å². The van der Waals surface area contributed by atoms with Gasteiger partial charge in [-0.25, -0.2) is 4.39 Å². The van der Waals surface area contributed by atoms with E-state index in [0.29, 0.717) is 17.5 Å². The number of hydrogen-bond donors (Lipinski definition) is 1. The summed E-state index contributed by atoms with van der Waals surface area (Å²) in [6.07, 6.45) is 0.594. The Morgan fingerprint density at radius 1 is 1.30 bits per heavy atom. The van der Waals surface area contributed by atoms with Crippen LogP contribution in [-0.4, -0.2) is 11.7 Å². The Morgan fingerprint density at radius 2 is 2.15 bits per heavy atom. The summed E-state index contributed by atoms with van der Waals surface area (Å²) in [6, 6.07) is 10.6. The molecule has 0 amide bonds. The van der Waals surface area contributed by atoms with Gasteiger partial charge in [0.2, 0.25) is 0 Å². The summed E-state index contributed by atoms with van der Waals surface area (Å²) in [7, 11) is 0. The first-order valence-electron chi connectivity index (χ1n) is 6.52. The Hall–Kier alpha value is -1.39. The highest BCUT2D eigenvalue weighted by Gasteiger charge is 2.17. The van der Waals surface area contributed by atoms with Crippen molar-refractivity contribution in [2.24, 2.45) is 0 Å². The molecule has 2 aromatic rings. The van der Waals surface area contributed by atoms with E-state index in [1.54, 1.807) is 6.07 Å². The Morgan fingerprint density at radius 3 is 3.00 bits per heavy atom. The van der Waals surface area contributed by atoms with Crippen molar-refractivity contribution in [3.05, 3.63) is 63.4 Å². The number of fused-ring (bicyclic) bond motifs is 1. The van der Waals surface area contributed by atoms with Crippen LogP contribution in [0.4, 0.5) is 4.39 Å². The minimum Gasteiger partial charge on any atom is -0.493 e. The minimum absolute atomic E-state index is 0.308. The van der Waals surface area contributed by atoms with Crippen LogP contribution in [0.25, 0.3) is 0 Å². The SMILES string of the molecule is OC(Cc1cccc(F)c1Br)c1ccc2c(c1)CCO2. The van der Waals surface area contributed by atoms with Crippen LogP contribution in [0.2, 0.25) is 0 Å². The van der Waals surface area contributed by atoms with E-state index in [9.17, 15) is 9.50 Å². The average Bonchev–Trinajstić information content (AvgIpc) is 2.91. The second kappa shape index (κ2) is 5.54. The van der Waals surface area contributed by atoms with Crippen molar-refractivity contribution < 1.29 is 14.2 Å². The third-order valence-corrected chi connectivity index (χ3v) is 4.43. The maximum atomic E-state index is 13.5. The molecular weight excluding hydrogens is 323 g/mol. The third-order valence-electron chi connectivity index (χ3n) is 3.54. The molecule has 0 radical (unpaired) electrons. The molecule has 0 aromatic heterocycles. The van der Waals surface area contributed by atoms with Gasteiger partial charge in [0.05, 0.1) is 17.2 Å². The molecule has 1 unspecified atom stereocenters. The number of aliphatic hydroxyl groups is 1. The summed E-state index contributed by atoms with van der Waals surface area (Å²) in [5.74, 6) is 0.588. The lowest BCUT2D eigenvalue weighted by Gasteiger charge is -2.13. The molecule has 1 atom stereocenters. The van der Waals surface area contributed by atoms with Crippen molar-refractivity contribution >= 4 is 15.9 Å². The van der Waals surface area contributed by atoms with E-state index in [4.69, 9.17) is 4.74 Å². The van der Waals surface area contributed by atoms with Crippen LogP contribution in [0.5, 0.6) is 5.75 Å². The van der Waals surface area contributed by atoms with E-state index in [2.05, 4.69) is 15.9 Å². The zero-order chi connectivity index (χ0) is 14.1. The van der Waals surface area contributed by atoms with E-state index in [1.807, 2.05) is 24.3 Å². The maximum absolute atomic E-state index is 13.5. The standard InChI is InChI=1S/C16H14BrFO2/c17-16-12(2-1-3-13(16)18)9-14(19)10-4-5-15-11(8-10)6-7-20-15/h1-5,8,14,19H,6-7,9H2. The summed E-state index contributed by atoms with van der Waals surface area (Å²) in [4.78, 5) is 0. The maximum Gasteiger partial charge on any atom is 0.137 e. The zero-order valence-electron chi connectivity index (χ0n) is 10.8. The van der Waals surface area contributed by atoms with Crippen molar-refractivity contribution in [2.75, 3.05) is 6.61 Å². The molecule has 1 N–H and O–H groups in total. The van der Waals surface area contributed by atoms with Crippen LogP contribution in [0.3, 0.4) is 0 Å². The first-order valence-corrected chi connectivity index (χ1v) is 7.31. The lowest BCUT2D eigenvalue weighted by molar-refractivity contribution is 0.178. The van der Waals surface area contributed by atoms with Gasteiger partial charge in [-0.1, -0.05) is 18.2 Å². The highest BCUT2D eigenvalue weighted by Crippen LogP contribution is 2.30. The molecule has 104 valence electrons. The van der Waals surface area contributed by atoms with Gasteiger partial charge < -0.3 is 9.84 Å². The quantitative estimate of drug-likeness (QED) is 0.923. The molecule has 4 heteroatoms. The summed E-state index contributed by atoms with van der Waals surface area (Å²) in [5, 5.41) is 10.3. The summed E-state index contributed by atoms with van der Waals surface area (Å²) in [6.45, 7) is 0.699. The van der Waals surface area contributed by atoms with Crippen LogP contribution in [-0.2, 0) is 12.8 Å². The van der Waals surface area contributed by atoms with Gasteiger partial charge >= 0.3 is 0 Å². The first kappa shape index (κ1) is 13.6. The molecule has 2 aromatic carbocycles. The monoisotopic (exact) mass is 336 g/mol. The van der Waals surface area contributed by atoms with Crippen molar-refractivity contribution in [1.82, 2.24) is 0 Å². The molecule has 0 aliphatic carbocycles. The van der Waals surface area contributed by atoms with Crippen LogP contribution < -0.4 is 4.74 Å². The van der Waals surface area contributed by atoms with Gasteiger partial charge in [-0.3, -0.25) is 0 Å². The molecule has 0 bridgehead atoms. The highest BCUT2D eigenvalue weighted by molar-refractivity contribution is 9.10. The van der Waals surface area contributed by atoms with Crippen LogP contribution in [0, 0.1) is 5.82 Å². The number of hydrogen-bond acceptors (Lipinski definition) is 2. The van der Waals surface area contributed by atoms with Gasteiger partial charge in [-0.05, 0) is 50.8 Å². The van der Waals surface area contributed by atoms with Gasteiger partial charge in [0.1, 0.15) is 11.6 Å². The molecule has 20 heavy (non-hydrogen) atoms. The molecule has 0 spiro atoms. The molecule has 0 saturated heterocycles. The number of benzene rings is 2. The molecular formula is C16H14BrFO2. The normalized spacial score (nSPS) is 14.8. The number of rotatable bonds is 3. The van der Waals surface area contributed by atoms with Gasteiger partial charge in [-0.15, -0.1) is 0 Å². The van der Waals surface area contributed by atoms with E-state index < -0.39 is 6.10 Å². The van der Waals surface area contributed by atoms with E-state index in [0.717, 1.165) is 28.9 Å². The van der Waals surface area contributed by atoms with Crippen molar-refractivity contribution in [3.63, 3.8) is 0 Å². The molecule has 0 saturated carbocycles. The van der Waals surface area contributed by atoms with Gasteiger partial charge in [0.25, 0.3) is 0 Å². The van der Waals surface area contributed by atoms with Gasteiger partial charge in [0, 0.05) is 12.8 Å². The Labute approximate surface area is 125 Å². The Kier molecular flexibility index (Phi) is 3.76. The fourth-order valence-corrected chi connectivity index (χ4v) is 2.87. The summed E-state index contributed by atoms with van der Waals surface area (Å²) >= 11 is 3.22. The summed E-state index contributed by atoms with van der Waals surface area (Å²) in [5.41, 5.74) is 2.72. The average molecular weight is 337 g/mol. The molecule has 1 aliphatic heterocycles. The molecule has 2 nitrogen and oxygen atoms in total. The minimum atomic E-state index is -0.654. The number of aliphatic hydroxyl groups excluding tert-OH is 1. The second-order valence-corrected chi connectivity index (χ2v) is 5.69. The predicted octanol–water partition coefficient (Wildman–Crippen LogP) is 3.80. The number of ether oxygens (including phenoxy) is 1. The van der Waals surface area contributed by atoms with Crippen LogP contribution in [0.15, 0.2) is 40.9 Å². The predicted molar refractivity (Wildman–Crippen MR) is 78.4 cm³/mol. The fourth-order valence-electron chi connectivity index (χ4n) is 2.45. The van der Waals surface area contributed by atoms with Crippen LogP contribution in [0.1, 0.15) is 22.8 Å². The molecule has 1 aliphatic rings. The third kappa shape index (κ3) is 2.58. The van der Waals surface area contributed by atoms with Crippen LogP contribution >= 0.6 is 15.9 Å². The molecule has 3 rings (SSSR count). The Bertz CT molecular complexity index is 642. The second-order valence-electron chi connectivity index (χ2n) is 4.90.